The van der Waals surface area contributed by atoms with E-state index in [0.29, 0.717) is 48.4 Å². The van der Waals surface area contributed by atoms with Crippen LogP contribution in [0.5, 0.6) is 0 Å². The van der Waals surface area contributed by atoms with E-state index in [4.69, 9.17) is 0 Å². The maximum absolute atomic E-state index is 13.1. The van der Waals surface area contributed by atoms with E-state index < -0.39 is 0 Å². The average molecular weight is 446 g/mol. The van der Waals surface area contributed by atoms with Crippen LogP contribution in [0.2, 0.25) is 0 Å². The van der Waals surface area contributed by atoms with Crippen LogP contribution in [0.3, 0.4) is 0 Å². The Bertz CT molecular complexity index is 1140. The molecule has 1 saturated heterocycles. The number of amides is 3. The molecule has 1 aliphatic heterocycles. The van der Waals surface area contributed by atoms with Crippen LogP contribution < -0.4 is 10.6 Å². The summed E-state index contributed by atoms with van der Waals surface area (Å²) in [5.41, 5.74) is 2.01. The van der Waals surface area contributed by atoms with Gasteiger partial charge in [-0.1, -0.05) is 6.07 Å². The molecule has 1 aliphatic rings. The Balaban J connectivity index is 1.31. The van der Waals surface area contributed by atoms with Crippen LogP contribution in [-0.2, 0) is 4.79 Å². The quantitative estimate of drug-likeness (QED) is 0.621. The van der Waals surface area contributed by atoms with Gasteiger partial charge in [-0.3, -0.25) is 19.4 Å². The average Bonchev–Trinajstić information content (AvgIpc) is 2.85. The zero-order valence-corrected chi connectivity index (χ0v) is 17.8. The van der Waals surface area contributed by atoms with Gasteiger partial charge < -0.3 is 15.5 Å². The second-order valence-corrected chi connectivity index (χ2v) is 7.84. The molecule has 2 N–H and O–H groups in total. The number of piperidine rings is 1. The van der Waals surface area contributed by atoms with Gasteiger partial charge in [0.05, 0.1) is 5.56 Å². The number of likely N-dealkylation sites (tertiary alicyclic amines) is 1. The van der Waals surface area contributed by atoms with E-state index in [1.807, 2.05) is 0 Å². The van der Waals surface area contributed by atoms with Crippen molar-refractivity contribution >= 4 is 29.1 Å². The van der Waals surface area contributed by atoms with Crippen molar-refractivity contribution in [2.45, 2.75) is 12.8 Å². The van der Waals surface area contributed by atoms with E-state index in [-0.39, 0.29) is 29.5 Å². The summed E-state index contributed by atoms with van der Waals surface area (Å²) in [6.07, 6.45) is 4.15. The van der Waals surface area contributed by atoms with E-state index >= 15 is 0 Å². The Hall–Kier alpha value is -4.07. The first kappa shape index (κ1) is 22.1. The number of pyridine rings is 1. The highest BCUT2D eigenvalue weighted by molar-refractivity contribution is 6.04. The van der Waals surface area contributed by atoms with Crippen molar-refractivity contribution in [3.63, 3.8) is 0 Å². The number of benzene rings is 2. The molecule has 4 rings (SSSR count). The first-order valence-corrected chi connectivity index (χ1v) is 10.7. The van der Waals surface area contributed by atoms with E-state index in [9.17, 15) is 18.8 Å². The first-order valence-electron chi connectivity index (χ1n) is 10.7. The molecule has 0 spiro atoms. The molecular formula is C25H23FN4O3. The molecule has 0 aliphatic carbocycles. The van der Waals surface area contributed by atoms with Crippen LogP contribution in [-0.4, -0.2) is 40.7 Å². The fourth-order valence-electron chi connectivity index (χ4n) is 3.74. The van der Waals surface area contributed by atoms with Crippen LogP contribution in [0.25, 0.3) is 0 Å². The van der Waals surface area contributed by atoms with E-state index in [2.05, 4.69) is 15.6 Å². The molecule has 1 fully saturated rings. The summed E-state index contributed by atoms with van der Waals surface area (Å²) in [6.45, 7) is 0.908. The Kier molecular flexibility index (Phi) is 6.73. The summed E-state index contributed by atoms with van der Waals surface area (Å²) in [6, 6.07) is 15.8. The number of carbonyl (C=O) groups is 3. The third kappa shape index (κ3) is 5.60. The molecule has 3 aromatic rings. The zero-order chi connectivity index (χ0) is 23.2. The largest absolute Gasteiger partial charge is 0.339 e. The third-order valence-electron chi connectivity index (χ3n) is 5.56. The van der Waals surface area contributed by atoms with Gasteiger partial charge in [-0.05, 0) is 67.4 Å². The highest BCUT2D eigenvalue weighted by Crippen LogP contribution is 2.22. The lowest BCUT2D eigenvalue weighted by Crippen LogP contribution is -2.41. The Labute approximate surface area is 190 Å². The molecule has 0 unspecified atom stereocenters. The number of halogens is 1. The van der Waals surface area contributed by atoms with Gasteiger partial charge in [0.25, 0.3) is 11.8 Å². The second kappa shape index (κ2) is 10.0. The van der Waals surface area contributed by atoms with Crippen LogP contribution in [0.15, 0.2) is 73.1 Å². The molecule has 1 aromatic heterocycles. The fourth-order valence-corrected chi connectivity index (χ4v) is 3.74. The molecule has 33 heavy (non-hydrogen) atoms. The minimum absolute atomic E-state index is 0.125. The highest BCUT2D eigenvalue weighted by Gasteiger charge is 2.28. The van der Waals surface area contributed by atoms with Crippen molar-refractivity contribution in [1.82, 2.24) is 9.88 Å². The molecule has 3 amide bonds. The number of hydrogen-bond acceptors (Lipinski definition) is 4. The topological polar surface area (TPSA) is 91.4 Å². The van der Waals surface area contributed by atoms with Gasteiger partial charge in [0.2, 0.25) is 5.91 Å². The molecule has 0 atom stereocenters. The number of rotatable bonds is 5. The minimum Gasteiger partial charge on any atom is -0.339 e. The molecule has 0 saturated carbocycles. The number of nitrogens with zero attached hydrogens (tertiary/aromatic N) is 2. The molecule has 0 radical (unpaired) electrons. The standard InChI is InChI=1S/C25H23FN4O3/c26-20-8-6-18(7-9-20)25(33)30-13-10-17(11-14-30)23(31)28-21-4-1-5-22(15-21)29-24(32)19-3-2-12-27-16-19/h1-9,12,15-17H,10-11,13-14H2,(H,28,31)(H,29,32). The number of anilines is 2. The molecule has 0 bridgehead atoms. The summed E-state index contributed by atoms with van der Waals surface area (Å²) < 4.78 is 13.1. The smallest absolute Gasteiger partial charge is 0.257 e. The van der Waals surface area contributed by atoms with Crippen molar-refractivity contribution in [2.24, 2.45) is 5.92 Å². The van der Waals surface area contributed by atoms with Crippen LogP contribution in [0.4, 0.5) is 15.8 Å². The van der Waals surface area contributed by atoms with Crippen LogP contribution >= 0.6 is 0 Å². The minimum atomic E-state index is -0.386. The molecule has 2 heterocycles. The molecule has 168 valence electrons. The van der Waals surface area contributed by atoms with Crippen molar-refractivity contribution in [1.29, 1.82) is 0 Å². The SMILES string of the molecule is O=C(Nc1cccc(NC(=O)C2CCN(C(=O)c3ccc(F)cc3)CC2)c1)c1cccnc1. The lowest BCUT2D eigenvalue weighted by atomic mass is 9.95. The monoisotopic (exact) mass is 446 g/mol. The molecule has 8 heteroatoms. The molecular weight excluding hydrogens is 423 g/mol. The molecule has 2 aromatic carbocycles. The van der Waals surface area contributed by atoms with Gasteiger partial charge in [0.1, 0.15) is 5.82 Å². The fraction of sp³-hybridized carbons (Fsp3) is 0.200. The zero-order valence-electron chi connectivity index (χ0n) is 17.8. The van der Waals surface area contributed by atoms with Crippen molar-refractivity contribution in [2.75, 3.05) is 23.7 Å². The predicted molar refractivity (Wildman–Crippen MR) is 122 cm³/mol. The van der Waals surface area contributed by atoms with Gasteiger partial charge in [0.15, 0.2) is 0 Å². The van der Waals surface area contributed by atoms with Gasteiger partial charge in [0, 0.05) is 48.3 Å². The van der Waals surface area contributed by atoms with Crippen molar-refractivity contribution in [3.8, 4) is 0 Å². The Morgan fingerprint density at radius 1 is 0.879 bits per heavy atom. The normalized spacial score (nSPS) is 13.9. The van der Waals surface area contributed by atoms with Gasteiger partial charge in [-0.2, -0.15) is 0 Å². The Morgan fingerprint density at radius 3 is 2.24 bits per heavy atom. The van der Waals surface area contributed by atoms with Gasteiger partial charge in [-0.25, -0.2) is 4.39 Å². The first-order chi connectivity index (χ1) is 16.0. The lowest BCUT2D eigenvalue weighted by molar-refractivity contribution is -0.121. The van der Waals surface area contributed by atoms with E-state index in [1.165, 1.54) is 30.5 Å². The number of hydrogen-bond donors (Lipinski definition) is 2. The third-order valence-corrected chi connectivity index (χ3v) is 5.56. The maximum Gasteiger partial charge on any atom is 0.257 e. The summed E-state index contributed by atoms with van der Waals surface area (Å²) >= 11 is 0. The summed E-state index contributed by atoms with van der Waals surface area (Å²) in [4.78, 5) is 43.3. The van der Waals surface area contributed by atoms with Crippen LogP contribution in [0, 0.1) is 11.7 Å². The maximum atomic E-state index is 13.1. The van der Waals surface area contributed by atoms with Crippen molar-refractivity contribution in [3.05, 3.63) is 90.0 Å². The molecule has 7 nitrogen and oxygen atoms in total. The summed E-state index contributed by atoms with van der Waals surface area (Å²) in [7, 11) is 0. The highest BCUT2D eigenvalue weighted by atomic mass is 19.1. The summed E-state index contributed by atoms with van der Waals surface area (Å²) in [5, 5.41) is 5.69. The number of carbonyl (C=O) groups excluding carboxylic acids is 3. The van der Waals surface area contributed by atoms with E-state index in [0.717, 1.165) is 0 Å². The van der Waals surface area contributed by atoms with E-state index in [1.54, 1.807) is 47.5 Å². The second-order valence-electron chi connectivity index (χ2n) is 7.84. The van der Waals surface area contributed by atoms with Gasteiger partial charge in [-0.15, -0.1) is 0 Å². The van der Waals surface area contributed by atoms with Crippen LogP contribution in [0.1, 0.15) is 33.6 Å². The summed E-state index contributed by atoms with van der Waals surface area (Å²) in [5.74, 6) is -1.19. The predicted octanol–water partition coefficient (Wildman–Crippen LogP) is 3.96. The lowest BCUT2D eigenvalue weighted by Gasteiger charge is -2.31. The Morgan fingerprint density at radius 2 is 1.58 bits per heavy atom. The number of aromatic nitrogens is 1. The number of nitrogens with one attached hydrogen (secondary N) is 2. The van der Waals surface area contributed by atoms with Gasteiger partial charge >= 0.3 is 0 Å². The van der Waals surface area contributed by atoms with Crippen molar-refractivity contribution < 1.29 is 18.8 Å².